The first kappa shape index (κ1) is 17.5. The average molecular weight is 354 g/mol. The highest BCUT2D eigenvalue weighted by molar-refractivity contribution is 5.81. The van der Waals surface area contributed by atoms with E-state index < -0.39 is 0 Å². The van der Waals surface area contributed by atoms with E-state index in [2.05, 4.69) is 10.1 Å². The first-order valence-electron chi connectivity index (χ1n) is 7.97. The third-order valence-electron chi connectivity index (χ3n) is 3.69. The molecule has 1 aromatic heterocycles. The van der Waals surface area contributed by atoms with Crippen molar-refractivity contribution in [1.82, 2.24) is 9.66 Å². The summed E-state index contributed by atoms with van der Waals surface area (Å²) in [6.07, 6.45) is 3.37. The summed E-state index contributed by atoms with van der Waals surface area (Å²) >= 11 is 0. The smallest absolute Gasteiger partial charge is 0.221 e. The van der Waals surface area contributed by atoms with E-state index in [1.807, 2.05) is 13.0 Å². The Bertz CT molecular complexity index is 937. The van der Waals surface area contributed by atoms with Gasteiger partial charge in [0.25, 0.3) is 0 Å². The van der Waals surface area contributed by atoms with Gasteiger partial charge in [-0.2, -0.15) is 5.10 Å². The van der Waals surface area contributed by atoms with Crippen molar-refractivity contribution in [2.24, 2.45) is 5.10 Å². The number of anilines is 1. The minimum Gasteiger partial charge on any atom is -0.493 e. The number of rotatable bonds is 6. The molecule has 6 nitrogen and oxygen atoms in total. The van der Waals surface area contributed by atoms with Crippen molar-refractivity contribution in [3.63, 3.8) is 0 Å². The fourth-order valence-corrected chi connectivity index (χ4v) is 2.38. The summed E-state index contributed by atoms with van der Waals surface area (Å²) in [5.41, 5.74) is 7.82. The van der Waals surface area contributed by atoms with Crippen LogP contribution in [0.5, 0.6) is 11.5 Å². The fraction of sp³-hybridized carbons (Fsp3) is 0.158. The molecule has 0 saturated heterocycles. The van der Waals surface area contributed by atoms with E-state index in [1.54, 1.807) is 49.9 Å². The van der Waals surface area contributed by atoms with Gasteiger partial charge in [-0.15, -0.1) is 0 Å². The number of hydrogen-bond acceptors (Lipinski definition) is 5. The number of nitrogens with zero attached hydrogens (tertiary/aromatic N) is 3. The van der Waals surface area contributed by atoms with Crippen LogP contribution in [0.1, 0.15) is 16.8 Å². The molecule has 3 rings (SSSR count). The van der Waals surface area contributed by atoms with Crippen LogP contribution in [-0.2, 0) is 6.61 Å². The van der Waals surface area contributed by atoms with E-state index in [1.165, 1.54) is 10.7 Å². The zero-order valence-electron chi connectivity index (χ0n) is 14.5. The molecule has 134 valence electrons. The van der Waals surface area contributed by atoms with Crippen LogP contribution in [0.2, 0.25) is 0 Å². The van der Waals surface area contributed by atoms with Gasteiger partial charge in [0, 0.05) is 5.56 Å². The predicted molar refractivity (Wildman–Crippen MR) is 98.1 cm³/mol. The monoisotopic (exact) mass is 354 g/mol. The highest BCUT2D eigenvalue weighted by Crippen LogP contribution is 2.28. The number of aryl methyl sites for hydroxylation is 1. The zero-order chi connectivity index (χ0) is 18.5. The lowest BCUT2D eigenvalue weighted by molar-refractivity contribution is 0.279. The summed E-state index contributed by atoms with van der Waals surface area (Å²) in [5, 5.41) is 4.27. The van der Waals surface area contributed by atoms with Crippen molar-refractivity contribution in [2.45, 2.75) is 13.5 Å². The Balaban J connectivity index is 1.75. The van der Waals surface area contributed by atoms with Gasteiger partial charge in [0.1, 0.15) is 12.4 Å². The number of halogens is 1. The van der Waals surface area contributed by atoms with Crippen molar-refractivity contribution >= 4 is 12.2 Å². The first-order valence-corrected chi connectivity index (χ1v) is 7.97. The van der Waals surface area contributed by atoms with Crippen LogP contribution < -0.4 is 15.2 Å². The van der Waals surface area contributed by atoms with Crippen molar-refractivity contribution in [3.05, 3.63) is 71.3 Å². The molecule has 0 atom stereocenters. The Hall–Kier alpha value is -3.35. The maximum atomic E-state index is 13.7. The third-order valence-corrected chi connectivity index (χ3v) is 3.69. The van der Waals surface area contributed by atoms with Crippen LogP contribution in [0.25, 0.3) is 0 Å². The van der Waals surface area contributed by atoms with Gasteiger partial charge < -0.3 is 15.2 Å². The summed E-state index contributed by atoms with van der Waals surface area (Å²) in [4.78, 5) is 4.08. The Morgan fingerprint density at radius 2 is 2.04 bits per heavy atom. The molecule has 7 heteroatoms. The Morgan fingerprint density at radius 3 is 2.73 bits per heavy atom. The van der Waals surface area contributed by atoms with Crippen molar-refractivity contribution < 1.29 is 13.9 Å². The van der Waals surface area contributed by atoms with E-state index >= 15 is 0 Å². The molecular formula is C19H19FN4O2. The normalized spacial score (nSPS) is 11.0. The molecule has 0 unspecified atom stereocenters. The summed E-state index contributed by atoms with van der Waals surface area (Å²) in [7, 11) is 1.55. The van der Waals surface area contributed by atoms with Crippen LogP contribution in [0, 0.1) is 12.7 Å². The molecule has 26 heavy (non-hydrogen) atoms. The van der Waals surface area contributed by atoms with Crippen LogP contribution in [0.4, 0.5) is 10.3 Å². The number of nitrogen functional groups attached to an aromatic ring is 1. The molecule has 0 spiro atoms. The molecule has 0 aliphatic heterocycles. The molecule has 1 heterocycles. The number of hydrogen-bond donors (Lipinski definition) is 1. The topological polar surface area (TPSA) is 74.7 Å². The van der Waals surface area contributed by atoms with Gasteiger partial charge in [-0.05, 0) is 36.8 Å². The molecular weight excluding hydrogens is 335 g/mol. The molecule has 0 fully saturated rings. The van der Waals surface area contributed by atoms with Gasteiger partial charge in [0.15, 0.2) is 11.5 Å². The number of imidazole rings is 1. The number of benzene rings is 2. The van der Waals surface area contributed by atoms with E-state index in [0.717, 1.165) is 11.3 Å². The fourth-order valence-electron chi connectivity index (χ4n) is 2.38. The van der Waals surface area contributed by atoms with Crippen LogP contribution in [0.3, 0.4) is 0 Å². The van der Waals surface area contributed by atoms with Gasteiger partial charge >= 0.3 is 0 Å². The summed E-state index contributed by atoms with van der Waals surface area (Å²) < 4.78 is 26.2. The first-order chi connectivity index (χ1) is 12.6. The van der Waals surface area contributed by atoms with E-state index in [0.29, 0.717) is 23.0 Å². The van der Waals surface area contributed by atoms with Gasteiger partial charge in [0.05, 0.1) is 25.2 Å². The van der Waals surface area contributed by atoms with Gasteiger partial charge in [0.2, 0.25) is 5.95 Å². The predicted octanol–water partition coefficient (Wildman–Crippen LogP) is 3.38. The molecule has 0 aliphatic carbocycles. The van der Waals surface area contributed by atoms with Crippen molar-refractivity contribution in [1.29, 1.82) is 0 Å². The molecule has 0 saturated carbocycles. The van der Waals surface area contributed by atoms with E-state index in [9.17, 15) is 4.39 Å². The Labute approximate surface area is 150 Å². The summed E-state index contributed by atoms with van der Waals surface area (Å²) in [5.74, 6) is 1.06. The van der Waals surface area contributed by atoms with Crippen LogP contribution in [0.15, 0.2) is 53.8 Å². The molecule has 0 bridgehead atoms. The largest absolute Gasteiger partial charge is 0.493 e. The molecule has 0 amide bonds. The number of aromatic nitrogens is 2. The van der Waals surface area contributed by atoms with E-state index in [-0.39, 0.29) is 12.4 Å². The minimum atomic E-state index is -0.302. The zero-order valence-corrected chi connectivity index (χ0v) is 14.5. The second kappa shape index (κ2) is 7.69. The quantitative estimate of drug-likeness (QED) is 0.689. The molecule has 2 N–H and O–H groups in total. The third kappa shape index (κ3) is 4.00. The molecule has 0 aliphatic rings. The maximum absolute atomic E-state index is 13.7. The Kier molecular flexibility index (Phi) is 5.17. The molecule has 3 aromatic rings. The summed E-state index contributed by atoms with van der Waals surface area (Å²) in [6.45, 7) is 1.95. The lowest BCUT2D eigenvalue weighted by Crippen LogP contribution is -2.01. The highest BCUT2D eigenvalue weighted by atomic mass is 19.1. The van der Waals surface area contributed by atoms with Crippen molar-refractivity contribution in [3.8, 4) is 11.5 Å². The second-order valence-corrected chi connectivity index (χ2v) is 5.62. The maximum Gasteiger partial charge on any atom is 0.221 e. The SMILES string of the molecule is COc1cc(C=Nn2cc(C)nc2N)ccc1OCc1ccccc1F. The number of nitrogens with two attached hydrogens (primary N) is 1. The Morgan fingerprint density at radius 1 is 1.23 bits per heavy atom. The standard InChI is InChI=1S/C19H19FN4O2/c1-13-11-24(19(21)23-13)22-10-14-7-8-17(18(9-14)25-2)26-12-15-5-3-4-6-16(15)20/h3-11H,12H2,1-2H3,(H2,21,23). The second-order valence-electron chi connectivity index (χ2n) is 5.62. The van der Waals surface area contributed by atoms with Gasteiger partial charge in [-0.1, -0.05) is 18.2 Å². The minimum absolute atomic E-state index is 0.112. The summed E-state index contributed by atoms with van der Waals surface area (Å²) in [6, 6.07) is 11.8. The lowest BCUT2D eigenvalue weighted by Gasteiger charge is -2.11. The lowest BCUT2D eigenvalue weighted by atomic mass is 10.2. The molecule has 2 aromatic carbocycles. The number of ether oxygens (including phenoxy) is 2. The average Bonchev–Trinajstić information content (AvgIpc) is 2.97. The van der Waals surface area contributed by atoms with E-state index in [4.69, 9.17) is 15.2 Å². The number of methoxy groups -OCH3 is 1. The van der Waals surface area contributed by atoms with Crippen LogP contribution in [-0.4, -0.2) is 23.0 Å². The van der Waals surface area contributed by atoms with Gasteiger partial charge in [-0.25, -0.2) is 14.1 Å². The van der Waals surface area contributed by atoms with Crippen molar-refractivity contribution in [2.75, 3.05) is 12.8 Å². The highest BCUT2D eigenvalue weighted by Gasteiger charge is 2.08. The van der Waals surface area contributed by atoms with Crippen LogP contribution >= 0.6 is 0 Å². The molecule has 0 radical (unpaired) electrons. The van der Waals surface area contributed by atoms with Gasteiger partial charge in [-0.3, -0.25) is 0 Å².